The second-order valence-corrected chi connectivity index (χ2v) is 6.58. The predicted molar refractivity (Wildman–Crippen MR) is 104 cm³/mol. The van der Waals surface area contributed by atoms with E-state index in [0.717, 1.165) is 0 Å². The van der Waals surface area contributed by atoms with Crippen LogP contribution in [-0.4, -0.2) is 31.1 Å². The van der Waals surface area contributed by atoms with Crippen LogP contribution in [0.15, 0.2) is 53.0 Å². The molecule has 28 heavy (non-hydrogen) atoms. The highest BCUT2D eigenvalue weighted by atomic mass is 79.9. The van der Waals surface area contributed by atoms with Gasteiger partial charge in [0, 0.05) is 12.2 Å². The average molecular weight is 449 g/mol. The van der Waals surface area contributed by atoms with Gasteiger partial charge in [-0.1, -0.05) is 18.2 Å². The van der Waals surface area contributed by atoms with Crippen molar-refractivity contribution >= 4 is 33.5 Å². The molecule has 8 heteroatoms. The van der Waals surface area contributed by atoms with Crippen molar-refractivity contribution in [3.63, 3.8) is 0 Å². The minimum Gasteiger partial charge on any atom is -0.481 e. The molecule has 0 fully saturated rings. The summed E-state index contributed by atoms with van der Waals surface area (Å²) in [6.07, 6.45) is -0.921. The zero-order valence-electron chi connectivity index (χ0n) is 15.1. The van der Waals surface area contributed by atoms with Crippen molar-refractivity contribution in [2.24, 2.45) is 0 Å². The fraction of sp³-hybridized carbons (Fsp3) is 0.250. The van der Waals surface area contributed by atoms with Gasteiger partial charge in [-0.15, -0.1) is 0 Å². The Hall–Kier alpha value is -2.92. The zero-order valence-corrected chi connectivity index (χ0v) is 16.7. The summed E-state index contributed by atoms with van der Waals surface area (Å²) in [5.74, 6) is -1.36. The van der Waals surface area contributed by atoms with Gasteiger partial charge in [0.05, 0.1) is 17.0 Å². The monoisotopic (exact) mass is 448 g/mol. The average Bonchev–Trinajstić information content (AvgIpc) is 2.68. The first-order chi connectivity index (χ1) is 13.4. The van der Waals surface area contributed by atoms with Crippen LogP contribution in [0.5, 0.6) is 5.75 Å². The van der Waals surface area contributed by atoms with Gasteiger partial charge in [0.25, 0.3) is 5.91 Å². The van der Waals surface area contributed by atoms with Gasteiger partial charge in [0.15, 0.2) is 12.7 Å². The highest BCUT2D eigenvalue weighted by Gasteiger charge is 2.25. The zero-order chi connectivity index (χ0) is 20.5. The van der Waals surface area contributed by atoms with Gasteiger partial charge >= 0.3 is 5.97 Å². The molecule has 0 aliphatic heterocycles. The summed E-state index contributed by atoms with van der Waals surface area (Å²) in [5, 5.41) is 8.83. The molecule has 0 radical (unpaired) electrons. The first-order valence-corrected chi connectivity index (χ1v) is 9.22. The van der Waals surface area contributed by atoms with Gasteiger partial charge in [0.1, 0.15) is 11.6 Å². The lowest BCUT2D eigenvalue weighted by Gasteiger charge is -2.25. The Morgan fingerprint density at radius 2 is 1.96 bits per heavy atom. The molecule has 0 aliphatic carbocycles. The molecule has 0 saturated carbocycles. The van der Waals surface area contributed by atoms with E-state index in [4.69, 9.17) is 14.7 Å². The molecule has 2 aromatic carbocycles. The third kappa shape index (κ3) is 6.06. The number of esters is 1. The standard InChI is InChI=1S/C20H18BrFN2O4/c1-14(20(26)24(11-5-10-23)16-6-3-2-4-7-16)28-19(25)13-27-18-9-8-15(22)12-17(18)21/h2-4,6-9,12,14H,5,11,13H2,1H3. The summed E-state index contributed by atoms with van der Waals surface area (Å²) in [4.78, 5) is 26.1. The third-order valence-electron chi connectivity index (χ3n) is 3.68. The Morgan fingerprint density at radius 1 is 1.25 bits per heavy atom. The minimum absolute atomic E-state index is 0.142. The second kappa shape index (κ2) is 10.4. The lowest BCUT2D eigenvalue weighted by molar-refractivity contribution is -0.155. The number of ether oxygens (including phenoxy) is 2. The van der Waals surface area contributed by atoms with Crippen molar-refractivity contribution in [3.05, 3.63) is 58.8 Å². The molecular formula is C20H18BrFN2O4. The Morgan fingerprint density at radius 3 is 2.61 bits per heavy atom. The molecular weight excluding hydrogens is 431 g/mol. The topological polar surface area (TPSA) is 79.6 Å². The molecule has 0 bridgehead atoms. The maximum absolute atomic E-state index is 13.1. The molecule has 0 aromatic heterocycles. The van der Waals surface area contributed by atoms with Crippen molar-refractivity contribution < 1.29 is 23.5 Å². The van der Waals surface area contributed by atoms with E-state index in [1.54, 1.807) is 24.3 Å². The van der Waals surface area contributed by atoms with E-state index in [-0.39, 0.29) is 18.7 Å². The lowest BCUT2D eigenvalue weighted by Crippen LogP contribution is -2.41. The van der Waals surface area contributed by atoms with Crippen molar-refractivity contribution in [1.82, 2.24) is 0 Å². The van der Waals surface area contributed by atoms with Crippen molar-refractivity contribution in [2.75, 3.05) is 18.1 Å². The van der Waals surface area contributed by atoms with Gasteiger partial charge in [-0.25, -0.2) is 9.18 Å². The van der Waals surface area contributed by atoms with Gasteiger partial charge in [-0.3, -0.25) is 4.79 Å². The fourth-order valence-electron chi connectivity index (χ4n) is 2.37. The van der Waals surface area contributed by atoms with Gasteiger partial charge in [-0.05, 0) is 53.2 Å². The van der Waals surface area contributed by atoms with Crippen LogP contribution in [0, 0.1) is 17.1 Å². The van der Waals surface area contributed by atoms with Crippen LogP contribution < -0.4 is 9.64 Å². The van der Waals surface area contributed by atoms with Gasteiger partial charge < -0.3 is 14.4 Å². The number of nitrogens with zero attached hydrogens (tertiary/aromatic N) is 2. The number of para-hydroxylation sites is 1. The van der Waals surface area contributed by atoms with Gasteiger partial charge in [-0.2, -0.15) is 5.26 Å². The Bertz CT molecular complexity index is 870. The molecule has 1 amide bonds. The number of amides is 1. The summed E-state index contributed by atoms with van der Waals surface area (Å²) in [7, 11) is 0. The number of carbonyl (C=O) groups excluding carboxylic acids is 2. The Balaban J connectivity index is 1.97. The van der Waals surface area contributed by atoms with E-state index in [1.165, 1.54) is 30.0 Å². The minimum atomic E-state index is -1.06. The number of hydrogen-bond donors (Lipinski definition) is 0. The number of anilines is 1. The van der Waals surface area contributed by atoms with Gasteiger partial charge in [0.2, 0.25) is 0 Å². The van der Waals surface area contributed by atoms with Crippen LogP contribution >= 0.6 is 15.9 Å². The van der Waals surface area contributed by atoms with E-state index in [0.29, 0.717) is 10.2 Å². The molecule has 0 spiro atoms. The highest BCUT2D eigenvalue weighted by Crippen LogP contribution is 2.25. The molecule has 0 aliphatic rings. The molecule has 0 heterocycles. The molecule has 0 saturated heterocycles. The van der Waals surface area contributed by atoms with Crippen molar-refractivity contribution in [3.8, 4) is 11.8 Å². The molecule has 1 unspecified atom stereocenters. The number of carbonyl (C=O) groups is 2. The molecule has 146 valence electrons. The Kier molecular flexibility index (Phi) is 7.96. The first-order valence-electron chi connectivity index (χ1n) is 8.43. The van der Waals surface area contributed by atoms with E-state index < -0.39 is 30.4 Å². The maximum atomic E-state index is 13.1. The smallest absolute Gasteiger partial charge is 0.344 e. The SMILES string of the molecule is CC(OC(=O)COc1ccc(F)cc1Br)C(=O)N(CCC#N)c1ccccc1. The molecule has 6 nitrogen and oxygen atoms in total. The number of rotatable bonds is 8. The number of halogens is 2. The normalized spacial score (nSPS) is 11.2. The van der Waals surface area contributed by atoms with E-state index in [2.05, 4.69) is 15.9 Å². The maximum Gasteiger partial charge on any atom is 0.344 e. The molecule has 2 aromatic rings. The van der Waals surface area contributed by atoms with Crippen LogP contribution in [-0.2, 0) is 14.3 Å². The van der Waals surface area contributed by atoms with Crippen molar-refractivity contribution in [1.29, 1.82) is 5.26 Å². The Labute approximate surface area is 170 Å². The number of hydrogen-bond acceptors (Lipinski definition) is 5. The second-order valence-electron chi connectivity index (χ2n) is 5.73. The highest BCUT2D eigenvalue weighted by molar-refractivity contribution is 9.10. The summed E-state index contributed by atoms with van der Waals surface area (Å²) < 4.78 is 23.9. The summed E-state index contributed by atoms with van der Waals surface area (Å²) in [6.45, 7) is 1.20. The summed E-state index contributed by atoms with van der Waals surface area (Å²) in [6, 6.07) is 14.6. The van der Waals surface area contributed by atoms with E-state index in [1.807, 2.05) is 12.1 Å². The van der Waals surface area contributed by atoms with Crippen LogP contribution in [0.25, 0.3) is 0 Å². The lowest BCUT2D eigenvalue weighted by atomic mass is 10.2. The molecule has 1 atom stereocenters. The number of benzene rings is 2. The quantitative estimate of drug-likeness (QED) is 0.573. The predicted octanol–water partition coefficient (Wildman–Crippen LogP) is 3.85. The first kappa shape index (κ1) is 21.4. The van der Waals surface area contributed by atoms with E-state index in [9.17, 15) is 14.0 Å². The van der Waals surface area contributed by atoms with E-state index >= 15 is 0 Å². The summed E-state index contributed by atoms with van der Waals surface area (Å²) >= 11 is 3.14. The molecule has 0 N–H and O–H groups in total. The molecule has 2 rings (SSSR count). The van der Waals surface area contributed by atoms with Crippen LogP contribution in [0.2, 0.25) is 0 Å². The number of nitriles is 1. The van der Waals surface area contributed by atoms with Crippen LogP contribution in [0.1, 0.15) is 13.3 Å². The third-order valence-corrected chi connectivity index (χ3v) is 4.30. The largest absolute Gasteiger partial charge is 0.481 e. The van der Waals surface area contributed by atoms with Crippen LogP contribution in [0.3, 0.4) is 0 Å². The van der Waals surface area contributed by atoms with Crippen molar-refractivity contribution in [2.45, 2.75) is 19.4 Å². The van der Waals surface area contributed by atoms with Crippen LogP contribution in [0.4, 0.5) is 10.1 Å². The fourth-order valence-corrected chi connectivity index (χ4v) is 2.83. The summed E-state index contributed by atoms with van der Waals surface area (Å²) in [5.41, 5.74) is 0.608.